The Morgan fingerprint density at radius 1 is 1.43 bits per heavy atom. The van der Waals surface area contributed by atoms with Gasteiger partial charge < -0.3 is 15.8 Å². The molecule has 0 bridgehead atoms. The van der Waals surface area contributed by atoms with Crippen molar-refractivity contribution in [2.24, 2.45) is 5.73 Å². The van der Waals surface area contributed by atoms with Gasteiger partial charge in [-0.15, -0.1) is 11.3 Å². The third kappa shape index (κ3) is 4.72. The highest BCUT2D eigenvalue weighted by Crippen LogP contribution is 2.14. The van der Waals surface area contributed by atoms with Crippen LogP contribution in [-0.2, 0) is 11.3 Å². The Morgan fingerprint density at radius 3 is 2.93 bits per heavy atom. The van der Waals surface area contributed by atoms with E-state index in [2.05, 4.69) is 24.4 Å². The van der Waals surface area contributed by atoms with Crippen molar-refractivity contribution in [3.05, 3.63) is 21.9 Å². The first kappa shape index (κ1) is 11.7. The van der Waals surface area contributed by atoms with E-state index >= 15 is 0 Å². The molecule has 0 saturated heterocycles. The molecule has 14 heavy (non-hydrogen) atoms. The topological polar surface area (TPSA) is 47.3 Å². The molecule has 1 aromatic rings. The second-order valence-electron chi connectivity index (χ2n) is 3.09. The third-order valence-corrected chi connectivity index (χ3v) is 2.78. The zero-order chi connectivity index (χ0) is 10.2. The van der Waals surface area contributed by atoms with Gasteiger partial charge in [0.15, 0.2) is 0 Å². The molecule has 0 aliphatic rings. The van der Waals surface area contributed by atoms with E-state index < -0.39 is 0 Å². The zero-order valence-electron chi connectivity index (χ0n) is 8.58. The number of aryl methyl sites for hydroxylation is 1. The number of nitrogens with two attached hydrogens (primary N) is 1. The molecule has 3 N–H and O–H groups in total. The molecule has 0 amide bonds. The molecular weight excluding hydrogens is 196 g/mol. The third-order valence-electron chi connectivity index (χ3n) is 1.78. The first-order valence-electron chi connectivity index (χ1n) is 4.87. The Morgan fingerprint density at radius 2 is 2.29 bits per heavy atom. The molecule has 1 aromatic heterocycles. The minimum Gasteiger partial charge on any atom is -0.379 e. The predicted octanol–water partition coefficient (Wildman–Crippen LogP) is 1.12. The van der Waals surface area contributed by atoms with Gasteiger partial charge in [0, 0.05) is 29.4 Å². The summed E-state index contributed by atoms with van der Waals surface area (Å²) in [5, 5.41) is 3.32. The Hall–Kier alpha value is -0.420. The standard InChI is InChI=1S/C10H18N2OS/c1-9-2-3-10(14-9)8-12-5-7-13-6-4-11/h2-3,12H,4-8,11H2,1H3. The van der Waals surface area contributed by atoms with Crippen LogP contribution in [0.5, 0.6) is 0 Å². The lowest BCUT2D eigenvalue weighted by Crippen LogP contribution is -2.20. The van der Waals surface area contributed by atoms with Gasteiger partial charge in [-0.05, 0) is 19.1 Å². The van der Waals surface area contributed by atoms with Crippen molar-refractivity contribution < 1.29 is 4.74 Å². The number of nitrogens with one attached hydrogen (secondary N) is 1. The van der Waals surface area contributed by atoms with Gasteiger partial charge in [-0.2, -0.15) is 0 Å². The van der Waals surface area contributed by atoms with Gasteiger partial charge in [0.1, 0.15) is 0 Å². The normalized spacial score (nSPS) is 10.7. The van der Waals surface area contributed by atoms with Crippen LogP contribution in [0.25, 0.3) is 0 Å². The van der Waals surface area contributed by atoms with Crippen molar-refractivity contribution in [2.45, 2.75) is 13.5 Å². The highest BCUT2D eigenvalue weighted by Gasteiger charge is 1.95. The fraction of sp³-hybridized carbons (Fsp3) is 0.600. The maximum atomic E-state index is 5.29. The summed E-state index contributed by atoms with van der Waals surface area (Å²) < 4.78 is 5.24. The first-order chi connectivity index (χ1) is 6.83. The van der Waals surface area contributed by atoms with Crippen molar-refractivity contribution in [2.75, 3.05) is 26.3 Å². The molecular formula is C10H18N2OS. The Labute approximate surface area is 89.3 Å². The summed E-state index contributed by atoms with van der Waals surface area (Å²) in [6, 6.07) is 4.31. The highest BCUT2D eigenvalue weighted by molar-refractivity contribution is 7.11. The SMILES string of the molecule is Cc1ccc(CNCCOCCN)s1. The smallest absolute Gasteiger partial charge is 0.0591 e. The van der Waals surface area contributed by atoms with Crippen LogP contribution in [0, 0.1) is 6.92 Å². The maximum Gasteiger partial charge on any atom is 0.0591 e. The van der Waals surface area contributed by atoms with Gasteiger partial charge in [0.25, 0.3) is 0 Å². The molecule has 0 aliphatic carbocycles. The summed E-state index contributed by atoms with van der Waals surface area (Å²) in [4.78, 5) is 2.74. The van der Waals surface area contributed by atoms with Gasteiger partial charge in [-0.1, -0.05) is 0 Å². The van der Waals surface area contributed by atoms with Crippen LogP contribution in [0.15, 0.2) is 12.1 Å². The molecule has 4 heteroatoms. The molecule has 0 aromatic carbocycles. The summed E-state index contributed by atoms with van der Waals surface area (Å²) in [5.74, 6) is 0. The number of thiophene rings is 1. The minimum absolute atomic E-state index is 0.601. The number of ether oxygens (including phenoxy) is 1. The molecule has 0 spiro atoms. The molecule has 0 radical (unpaired) electrons. The molecule has 1 rings (SSSR count). The first-order valence-corrected chi connectivity index (χ1v) is 5.68. The van der Waals surface area contributed by atoms with Crippen LogP contribution in [-0.4, -0.2) is 26.3 Å². The predicted molar refractivity (Wildman–Crippen MR) is 60.6 cm³/mol. The van der Waals surface area contributed by atoms with Crippen LogP contribution in [0.4, 0.5) is 0 Å². The Kier molecular flexibility index (Phi) is 5.78. The average molecular weight is 214 g/mol. The molecule has 0 aliphatic heterocycles. The fourth-order valence-electron chi connectivity index (χ4n) is 1.12. The lowest BCUT2D eigenvalue weighted by molar-refractivity contribution is 0.143. The summed E-state index contributed by atoms with van der Waals surface area (Å²) >= 11 is 1.83. The number of rotatable bonds is 7. The van der Waals surface area contributed by atoms with E-state index in [9.17, 15) is 0 Å². The van der Waals surface area contributed by atoms with E-state index in [1.807, 2.05) is 11.3 Å². The molecule has 80 valence electrons. The van der Waals surface area contributed by atoms with Crippen molar-refractivity contribution in [1.82, 2.24) is 5.32 Å². The second-order valence-corrected chi connectivity index (χ2v) is 4.46. The van der Waals surface area contributed by atoms with E-state index in [0.29, 0.717) is 13.2 Å². The molecule has 0 atom stereocenters. The van der Waals surface area contributed by atoms with E-state index in [4.69, 9.17) is 10.5 Å². The minimum atomic E-state index is 0.601. The van der Waals surface area contributed by atoms with Crippen LogP contribution in [0.1, 0.15) is 9.75 Å². The van der Waals surface area contributed by atoms with Gasteiger partial charge in [0.05, 0.1) is 13.2 Å². The van der Waals surface area contributed by atoms with Crippen LogP contribution < -0.4 is 11.1 Å². The molecule has 0 saturated carbocycles. The zero-order valence-corrected chi connectivity index (χ0v) is 9.40. The highest BCUT2D eigenvalue weighted by atomic mass is 32.1. The van der Waals surface area contributed by atoms with Crippen LogP contribution in [0.3, 0.4) is 0 Å². The summed E-state index contributed by atoms with van der Waals surface area (Å²) in [6.07, 6.45) is 0. The molecule has 0 fully saturated rings. The van der Waals surface area contributed by atoms with Crippen molar-refractivity contribution in [1.29, 1.82) is 0 Å². The number of hydrogen-bond donors (Lipinski definition) is 2. The summed E-state index contributed by atoms with van der Waals surface area (Å²) in [6.45, 7) is 5.94. The molecule has 3 nitrogen and oxygen atoms in total. The van der Waals surface area contributed by atoms with E-state index in [1.54, 1.807) is 0 Å². The van der Waals surface area contributed by atoms with Crippen molar-refractivity contribution >= 4 is 11.3 Å². The van der Waals surface area contributed by atoms with Gasteiger partial charge in [-0.25, -0.2) is 0 Å². The number of hydrogen-bond acceptors (Lipinski definition) is 4. The maximum absolute atomic E-state index is 5.29. The lowest BCUT2D eigenvalue weighted by Gasteiger charge is -2.03. The largest absolute Gasteiger partial charge is 0.379 e. The van der Waals surface area contributed by atoms with Crippen molar-refractivity contribution in [3.63, 3.8) is 0 Å². The molecule has 0 unspecified atom stereocenters. The fourth-order valence-corrected chi connectivity index (χ4v) is 1.98. The second kappa shape index (κ2) is 6.95. The Bertz CT molecular complexity index is 250. The summed E-state index contributed by atoms with van der Waals surface area (Å²) in [7, 11) is 0. The summed E-state index contributed by atoms with van der Waals surface area (Å²) in [5.41, 5.74) is 5.29. The van der Waals surface area contributed by atoms with Gasteiger partial charge >= 0.3 is 0 Å². The van der Waals surface area contributed by atoms with Crippen molar-refractivity contribution in [3.8, 4) is 0 Å². The monoisotopic (exact) mass is 214 g/mol. The average Bonchev–Trinajstić information content (AvgIpc) is 2.58. The molecule has 1 heterocycles. The lowest BCUT2D eigenvalue weighted by atomic mass is 10.4. The van der Waals surface area contributed by atoms with Crippen LogP contribution in [0.2, 0.25) is 0 Å². The van der Waals surface area contributed by atoms with Gasteiger partial charge in [0.2, 0.25) is 0 Å². The van der Waals surface area contributed by atoms with E-state index in [-0.39, 0.29) is 0 Å². The van der Waals surface area contributed by atoms with Gasteiger partial charge in [-0.3, -0.25) is 0 Å². The van der Waals surface area contributed by atoms with Crippen LogP contribution >= 0.6 is 11.3 Å². The quantitative estimate of drug-likeness (QED) is 0.669. The Balaban J connectivity index is 1.99. The van der Waals surface area contributed by atoms with E-state index in [0.717, 1.165) is 19.7 Å². The van der Waals surface area contributed by atoms with E-state index in [1.165, 1.54) is 9.75 Å².